The quantitative estimate of drug-likeness (QED) is 0.544. The Morgan fingerprint density at radius 1 is 1.00 bits per heavy atom. The maximum absolute atomic E-state index is 12.7. The Balaban J connectivity index is 1.59. The van der Waals surface area contributed by atoms with Crippen LogP contribution in [-0.4, -0.2) is 29.5 Å². The number of nitrogens with one attached hydrogen (secondary N) is 1. The number of hydrogen-bond acceptors (Lipinski definition) is 4. The molecule has 0 radical (unpaired) electrons. The highest BCUT2D eigenvalue weighted by molar-refractivity contribution is 6.04. The third kappa shape index (κ3) is 3.78. The zero-order valence-electron chi connectivity index (χ0n) is 16.5. The SMILES string of the molecule is COc1ccc(C(=O)Nc2cccc(-c3cn4ccc(C)cc4n3)c2)cc1OC. The molecule has 0 unspecified atom stereocenters. The monoisotopic (exact) mass is 387 g/mol. The van der Waals surface area contributed by atoms with Gasteiger partial charge in [0.15, 0.2) is 11.5 Å². The standard InChI is InChI=1S/C23H21N3O3/c1-15-9-10-26-14-19(25-22(26)11-15)16-5-4-6-18(12-16)24-23(27)17-7-8-20(28-2)21(13-17)29-3/h4-14H,1-3H3,(H,24,27). The van der Waals surface area contributed by atoms with Crippen LogP contribution in [0, 0.1) is 6.92 Å². The Kier molecular flexibility index (Phi) is 4.91. The van der Waals surface area contributed by atoms with Crippen molar-refractivity contribution in [2.75, 3.05) is 19.5 Å². The van der Waals surface area contributed by atoms with Gasteiger partial charge in [0.05, 0.1) is 19.9 Å². The number of hydrogen-bond donors (Lipinski definition) is 1. The van der Waals surface area contributed by atoms with Crippen molar-refractivity contribution in [3.05, 3.63) is 78.1 Å². The average Bonchev–Trinajstić information content (AvgIpc) is 3.16. The summed E-state index contributed by atoms with van der Waals surface area (Å²) in [5, 5.41) is 2.93. The third-order valence-corrected chi connectivity index (χ3v) is 4.68. The number of aromatic nitrogens is 2. The Hall–Kier alpha value is -3.80. The van der Waals surface area contributed by atoms with E-state index in [2.05, 4.69) is 10.3 Å². The summed E-state index contributed by atoms with van der Waals surface area (Å²) in [7, 11) is 3.10. The molecule has 29 heavy (non-hydrogen) atoms. The van der Waals surface area contributed by atoms with E-state index in [1.54, 1.807) is 32.4 Å². The maximum Gasteiger partial charge on any atom is 0.255 e. The van der Waals surface area contributed by atoms with Gasteiger partial charge in [-0.05, 0) is 55.0 Å². The molecule has 0 saturated heterocycles. The van der Waals surface area contributed by atoms with Crippen LogP contribution in [0.15, 0.2) is 67.0 Å². The molecule has 0 bridgehead atoms. The fourth-order valence-electron chi connectivity index (χ4n) is 3.16. The van der Waals surface area contributed by atoms with Crippen molar-refractivity contribution >= 4 is 17.2 Å². The van der Waals surface area contributed by atoms with Gasteiger partial charge in [-0.1, -0.05) is 12.1 Å². The highest BCUT2D eigenvalue weighted by Gasteiger charge is 2.12. The zero-order chi connectivity index (χ0) is 20.4. The number of nitrogens with zero attached hydrogens (tertiary/aromatic N) is 2. The Morgan fingerprint density at radius 2 is 1.83 bits per heavy atom. The molecule has 6 heteroatoms. The molecule has 2 aromatic heterocycles. The predicted octanol–water partition coefficient (Wildman–Crippen LogP) is 4.58. The number of amides is 1. The van der Waals surface area contributed by atoms with E-state index in [0.717, 1.165) is 22.5 Å². The number of ether oxygens (including phenoxy) is 2. The lowest BCUT2D eigenvalue weighted by Crippen LogP contribution is -2.12. The van der Waals surface area contributed by atoms with E-state index in [1.165, 1.54) is 0 Å². The summed E-state index contributed by atoms with van der Waals surface area (Å²) in [6, 6.07) is 16.8. The minimum Gasteiger partial charge on any atom is -0.493 e. The first-order chi connectivity index (χ1) is 14.1. The normalized spacial score (nSPS) is 10.7. The van der Waals surface area contributed by atoms with E-state index in [1.807, 2.05) is 60.1 Å². The molecule has 2 heterocycles. The molecule has 2 aromatic carbocycles. The molecular weight excluding hydrogens is 366 g/mol. The van der Waals surface area contributed by atoms with Crippen LogP contribution in [0.3, 0.4) is 0 Å². The molecule has 0 spiro atoms. The maximum atomic E-state index is 12.7. The molecule has 0 aliphatic carbocycles. The molecule has 4 rings (SSSR count). The van der Waals surface area contributed by atoms with Crippen molar-refractivity contribution in [3.8, 4) is 22.8 Å². The highest BCUT2D eigenvalue weighted by Crippen LogP contribution is 2.28. The molecule has 0 atom stereocenters. The second-order valence-corrected chi connectivity index (χ2v) is 6.70. The number of methoxy groups -OCH3 is 2. The molecule has 6 nitrogen and oxygen atoms in total. The van der Waals surface area contributed by atoms with Gasteiger partial charge in [0.2, 0.25) is 0 Å². The van der Waals surface area contributed by atoms with Gasteiger partial charge in [0.25, 0.3) is 5.91 Å². The lowest BCUT2D eigenvalue weighted by atomic mass is 10.1. The summed E-state index contributed by atoms with van der Waals surface area (Å²) < 4.78 is 12.5. The van der Waals surface area contributed by atoms with Crippen molar-refractivity contribution in [2.24, 2.45) is 0 Å². The van der Waals surface area contributed by atoms with E-state index in [4.69, 9.17) is 9.47 Å². The molecule has 0 aliphatic rings. The molecule has 0 saturated carbocycles. The fraction of sp³-hybridized carbons (Fsp3) is 0.130. The second-order valence-electron chi connectivity index (χ2n) is 6.70. The number of carbonyl (C=O) groups excluding carboxylic acids is 1. The molecule has 1 N–H and O–H groups in total. The first-order valence-electron chi connectivity index (χ1n) is 9.16. The van der Waals surface area contributed by atoms with Gasteiger partial charge in [0, 0.05) is 29.2 Å². The van der Waals surface area contributed by atoms with Gasteiger partial charge in [-0.2, -0.15) is 0 Å². The average molecular weight is 387 g/mol. The van der Waals surface area contributed by atoms with Crippen LogP contribution < -0.4 is 14.8 Å². The Labute approximate surface area is 168 Å². The van der Waals surface area contributed by atoms with Crippen LogP contribution in [0.25, 0.3) is 16.9 Å². The summed E-state index contributed by atoms with van der Waals surface area (Å²) in [6.07, 6.45) is 3.97. The first kappa shape index (κ1) is 18.6. The van der Waals surface area contributed by atoms with Crippen LogP contribution in [0.4, 0.5) is 5.69 Å². The lowest BCUT2D eigenvalue weighted by molar-refractivity contribution is 0.102. The zero-order valence-corrected chi connectivity index (χ0v) is 16.5. The van der Waals surface area contributed by atoms with Gasteiger partial charge in [-0.15, -0.1) is 0 Å². The largest absolute Gasteiger partial charge is 0.493 e. The number of imidazole rings is 1. The number of rotatable bonds is 5. The van der Waals surface area contributed by atoms with Crippen LogP contribution >= 0.6 is 0 Å². The molecule has 0 aliphatic heterocycles. The van der Waals surface area contributed by atoms with E-state index in [9.17, 15) is 4.79 Å². The summed E-state index contributed by atoms with van der Waals surface area (Å²) >= 11 is 0. The number of aryl methyl sites for hydroxylation is 1. The number of carbonyl (C=O) groups is 1. The van der Waals surface area contributed by atoms with Crippen LogP contribution in [-0.2, 0) is 0 Å². The molecule has 146 valence electrons. The smallest absolute Gasteiger partial charge is 0.255 e. The van der Waals surface area contributed by atoms with Gasteiger partial charge >= 0.3 is 0 Å². The van der Waals surface area contributed by atoms with Crippen molar-refractivity contribution in [2.45, 2.75) is 6.92 Å². The summed E-state index contributed by atoms with van der Waals surface area (Å²) in [5.41, 5.74) is 4.99. The number of pyridine rings is 1. The summed E-state index contributed by atoms with van der Waals surface area (Å²) in [4.78, 5) is 17.4. The summed E-state index contributed by atoms with van der Waals surface area (Å²) in [5.74, 6) is 0.857. The second kappa shape index (κ2) is 7.67. The van der Waals surface area contributed by atoms with E-state index >= 15 is 0 Å². The summed E-state index contributed by atoms with van der Waals surface area (Å²) in [6.45, 7) is 2.04. The van der Waals surface area contributed by atoms with Crippen molar-refractivity contribution in [1.29, 1.82) is 0 Å². The Morgan fingerprint density at radius 3 is 2.62 bits per heavy atom. The fourth-order valence-corrected chi connectivity index (χ4v) is 3.16. The van der Waals surface area contributed by atoms with Crippen molar-refractivity contribution in [3.63, 3.8) is 0 Å². The Bertz CT molecular complexity index is 1200. The third-order valence-electron chi connectivity index (χ3n) is 4.68. The van der Waals surface area contributed by atoms with Crippen LogP contribution in [0.5, 0.6) is 11.5 Å². The molecule has 4 aromatic rings. The minimum atomic E-state index is -0.228. The minimum absolute atomic E-state index is 0.228. The number of anilines is 1. The predicted molar refractivity (Wildman–Crippen MR) is 113 cm³/mol. The van der Waals surface area contributed by atoms with Gasteiger partial charge in [-0.3, -0.25) is 4.79 Å². The van der Waals surface area contributed by atoms with Crippen molar-refractivity contribution in [1.82, 2.24) is 9.38 Å². The molecule has 0 fully saturated rings. The van der Waals surface area contributed by atoms with E-state index < -0.39 is 0 Å². The van der Waals surface area contributed by atoms with Crippen LogP contribution in [0.1, 0.15) is 15.9 Å². The highest BCUT2D eigenvalue weighted by atomic mass is 16.5. The molecule has 1 amide bonds. The topological polar surface area (TPSA) is 64.9 Å². The van der Waals surface area contributed by atoms with Gasteiger partial charge in [0.1, 0.15) is 5.65 Å². The number of benzene rings is 2. The number of fused-ring (bicyclic) bond motifs is 1. The van der Waals surface area contributed by atoms with Crippen LogP contribution in [0.2, 0.25) is 0 Å². The van der Waals surface area contributed by atoms with E-state index in [0.29, 0.717) is 22.7 Å². The van der Waals surface area contributed by atoms with Crippen molar-refractivity contribution < 1.29 is 14.3 Å². The van der Waals surface area contributed by atoms with E-state index in [-0.39, 0.29) is 5.91 Å². The van der Waals surface area contributed by atoms with Gasteiger partial charge < -0.3 is 19.2 Å². The first-order valence-corrected chi connectivity index (χ1v) is 9.16. The lowest BCUT2D eigenvalue weighted by Gasteiger charge is -2.10. The van der Waals surface area contributed by atoms with Gasteiger partial charge in [-0.25, -0.2) is 4.98 Å². The molecular formula is C23H21N3O3.